The smallest absolute Gasteiger partial charge is 0.122 e. The van der Waals surface area contributed by atoms with E-state index < -0.39 is 0 Å². The average Bonchev–Trinajstić information content (AvgIpc) is 2.32. The molecular weight excluding hydrogens is 212 g/mol. The molecule has 0 heterocycles. The van der Waals surface area contributed by atoms with E-state index in [1.165, 1.54) is 22.4 Å². The Bertz CT molecular complexity index is 402. The van der Waals surface area contributed by atoms with E-state index in [-0.39, 0.29) is 0 Å². The van der Waals surface area contributed by atoms with E-state index in [4.69, 9.17) is 10.5 Å². The minimum absolute atomic E-state index is 0.334. The predicted octanol–water partition coefficient (Wildman–Crippen LogP) is 2.40. The summed E-state index contributed by atoms with van der Waals surface area (Å²) in [6.07, 6.45) is 0. The van der Waals surface area contributed by atoms with Crippen molar-refractivity contribution in [1.82, 2.24) is 0 Å². The summed E-state index contributed by atoms with van der Waals surface area (Å²) in [6.45, 7) is 9.14. The second-order valence-corrected chi connectivity index (χ2v) is 4.69. The monoisotopic (exact) mass is 236 g/mol. The third kappa shape index (κ3) is 2.55. The first-order chi connectivity index (χ1) is 7.93. The summed E-state index contributed by atoms with van der Waals surface area (Å²) < 4.78 is 5.38. The van der Waals surface area contributed by atoms with Crippen LogP contribution in [0.25, 0.3) is 0 Å². The van der Waals surface area contributed by atoms with Crippen LogP contribution >= 0.6 is 0 Å². The predicted molar refractivity (Wildman–Crippen MR) is 74.1 cm³/mol. The van der Waals surface area contributed by atoms with E-state index in [1.807, 2.05) is 0 Å². The van der Waals surface area contributed by atoms with E-state index >= 15 is 0 Å². The summed E-state index contributed by atoms with van der Waals surface area (Å²) in [4.78, 5) is 2.25. The molecule has 3 heteroatoms. The van der Waals surface area contributed by atoms with Gasteiger partial charge in [0.15, 0.2) is 0 Å². The molecule has 1 rings (SSSR count). The molecule has 0 radical (unpaired) electrons. The van der Waals surface area contributed by atoms with Crippen LogP contribution in [-0.2, 0) is 0 Å². The summed E-state index contributed by atoms with van der Waals surface area (Å²) >= 11 is 0. The van der Waals surface area contributed by atoms with Gasteiger partial charge in [0.2, 0.25) is 0 Å². The number of nitrogens with two attached hydrogens (primary N) is 1. The van der Waals surface area contributed by atoms with Crippen molar-refractivity contribution < 1.29 is 4.74 Å². The molecule has 0 aliphatic rings. The van der Waals surface area contributed by atoms with E-state index in [0.717, 1.165) is 5.75 Å². The van der Waals surface area contributed by atoms with Crippen molar-refractivity contribution in [3.8, 4) is 5.75 Å². The number of ether oxygens (including phenoxy) is 1. The number of likely N-dealkylation sites (N-methyl/N-ethyl adjacent to an activating group) is 1. The number of hydrogen-bond donors (Lipinski definition) is 1. The number of methoxy groups -OCH3 is 1. The fraction of sp³-hybridized carbons (Fsp3) is 0.571. The lowest BCUT2D eigenvalue weighted by Gasteiger charge is -2.30. The van der Waals surface area contributed by atoms with Gasteiger partial charge < -0.3 is 15.4 Å². The van der Waals surface area contributed by atoms with Crippen LogP contribution in [0.2, 0.25) is 0 Å². The summed E-state index contributed by atoms with van der Waals surface area (Å²) in [7, 11) is 3.81. The lowest BCUT2D eigenvalue weighted by Crippen LogP contribution is -2.36. The molecule has 0 fully saturated rings. The Kier molecular flexibility index (Phi) is 4.40. The quantitative estimate of drug-likeness (QED) is 0.872. The van der Waals surface area contributed by atoms with Crippen LogP contribution in [0.15, 0.2) is 6.07 Å². The van der Waals surface area contributed by atoms with Gasteiger partial charge in [0, 0.05) is 25.3 Å². The number of rotatable bonds is 4. The highest BCUT2D eigenvalue weighted by molar-refractivity contribution is 5.65. The molecule has 96 valence electrons. The first-order valence-corrected chi connectivity index (χ1v) is 6.01. The molecule has 2 N–H and O–H groups in total. The van der Waals surface area contributed by atoms with E-state index in [2.05, 4.69) is 45.7 Å². The van der Waals surface area contributed by atoms with Crippen molar-refractivity contribution in [2.75, 3.05) is 25.6 Å². The number of aryl methyl sites for hydroxylation is 1. The second-order valence-electron chi connectivity index (χ2n) is 4.69. The van der Waals surface area contributed by atoms with Crippen molar-refractivity contribution in [2.24, 2.45) is 5.73 Å². The van der Waals surface area contributed by atoms with E-state index in [9.17, 15) is 0 Å². The van der Waals surface area contributed by atoms with Gasteiger partial charge in [-0.05, 0) is 50.5 Å². The first kappa shape index (κ1) is 13.8. The minimum atomic E-state index is 0.334. The number of anilines is 1. The Balaban J connectivity index is 3.30. The Morgan fingerprint density at radius 2 is 1.88 bits per heavy atom. The van der Waals surface area contributed by atoms with Crippen molar-refractivity contribution >= 4 is 5.69 Å². The molecule has 3 nitrogen and oxygen atoms in total. The largest absolute Gasteiger partial charge is 0.496 e. The summed E-state index contributed by atoms with van der Waals surface area (Å²) in [5, 5.41) is 0. The molecule has 0 aliphatic carbocycles. The maximum atomic E-state index is 5.74. The van der Waals surface area contributed by atoms with E-state index in [1.54, 1.807) is 7.11 Å². The van der Waals surface area contributed by atoms with Gasteiger partial charge in [-0.2, -0.15) is 0 Å². The fourth-order valence-corrected chi connectivity index (χ4v) is 2.16. The minimum Gasteiger partial charge on any atom is -0.496 e. The second kappa shape index (κ2) is 5.41. The van der Waals surface area contributed by atoms with Gasteiger partial charge in [-0.1, -0.05) is 0 Å². The molecule has 0 aromatic heterocycles. The molecule has 1 unspecified atom stereocenters. The molecule has 0 bridgehead atoms. The van der Waals surface area contributed by atoms with Gasteiger partial charge in [-0.15, -0.1) is 0 Å². The average molecular weight is 236 g/mol. The molecule has 1 aromatic carbocycles. The fourth-order valence-electron chi connectivity index (χ4n) is 2.16. The highest BCUT2D eigenvalue weighted by atomic mass is 16.5. The van der Waals surface area contributed by atoms with E-state index in [0.29, 0.717) is 12.6 Å². The molecule has 0 saturated carbocycles. The summed E-state index contributed by atoms with van der Waals surface area (Å²) in [5.74, 6) is 0.956. The molecule has 0 saturated heterocycles. The maximum absolute atomic E-state index is 5.74. The topological polar surface area (TPSA) is 38.5 Å². The Morgan fingerprint density at radius 1 is 1.29 bits per heavy atom. The van der Waals surface area contributed by atoms with Crippen molar-refractivity contribution in [1.29, 1.82) is 0 Å². The van der Waals surface area contributed by atoms with Crippen LogP contribution in [0.4, 0.5) is 5.69 Å². The molecular formula is C14H24N2O. The van der Waals surface area contributed by atoms with Gasteiger partial charge in [-0.3, -0.25) is 0 Å². The third-order valence-corrected chi connectivity index (χ3v) is 3.58. The van der Waals surface area contributed by atoms with Gasteiger partial charge in [0.05, 0.1) is 7.11 Å². The number of nitrogens with zero attached hydrogens (tertiary/aromatic N) is 1. The van der Waals surface area contributed by atoms with Gasteiger partial charge in [-0.25, -0.2) is 0 Å². The SMILES string of the molecule is COc1cc(C)c(N(C)C(C)CN)c(C)c1C. The molecule has 1 atom stereocenters. The van der Waals surface area contributed by atoms with Gasteiger partial charge >= 0.3 is 0 Å². The van der Waals surface area contributed by atoms with Crippen LogP contribution in [0.1, 0.15) is 23.6 Å². The van der Waals surface area contributed by atoms with Crippen LogP contribution < -0.4 is 15.4 Å². The standard InChI is InChI=1S/C14H24N2O/c1-9-7-13(17-6)11(3)12(4)14(9)16(5)10(2)8-15/h7,10H,8,15H2,1-6H3. The van der Waals surface area contributed by atoms with Crippen LogP contribution in [0.3, 0.4) is 0 Å². The highest BCUT2D eigenvalue weighted by Crippen LogP contribution is 2.33. The molecule has 1 aromatic rings. The lowest BCUT2D eigenvalue weighted by molar-refractivity contribution is 0.411. The van der Waals surface area contributed by atoms with Crippen molar-refractivity contribution in [3.63, 3.8) is 0 Å². The number of benzene rings is 1. The summed E-state index contributed by atoms with van der Waals surface area (Å²) in [5.41, 5.74) is 10.7. The van der Waals surface area contributed by atoms with Crippen LogP contribution in [0.5, 0.6) is 5.75 Å². The third-order valence-electron chi connectivity index (χ3n) is 3.58. The van der Waals surface area contributed by atoms with Crippen LogP contribution in [0, 0.1) is 20.8 Å². The van der Waals surface area contributed by atoms with Gasteiger partial charge in [0.25, 0.3) is 0 Å². The molecule has 0 spiro atoms. The molecule has 0 amide bonds. The Labute approximate surface area is 105 Å². The Morgan fingerprint density at radius 3 is 2.35 bits per heavy atom. The summed E-state index contributed by atoms with van der Waals surface area (Å²) in [6, 6.07) is 2.43. The highest BCUT2D eigenvalue weighted by Gasteiger charge is 2.16. The zero-order valence-corrected chi connectivity index (χ0v) is 11.8. The Hall–Kier alpha value is -1.22. The van der Waals surface area contributed by atoms with Crippen LogP contribution in [-0.4, -0.2) is 26.7 Å². The first-order valence-electron chi connectivity index (χ1n) is 6.01. The molecule has 17 heavy (non-hydrogen) atoms. The molecule has 0 aliphatic heterocycles. The lowest BCUT2D eigenvalue weighted by atomic mass is 10.0. The zero-order chi connectivity index (χ0) is 13.2. The maximum Gasteiger partial charge on any atom is 0.122 e. The van der Waals surface area contributed by atoms with Gasteiger partial charge in [0.1, 0.15) is 5.75 Å². The zero-order valence-electron chi connectivity index (χ0n) is 11.8. The van der Waals surface area contributed by atoms with Crippen molar-refractivity contribution in [3.05, 3.63) is 22.8 Å². The number of hydrogen-bond acceptors (Lipinski definition) is 3. The van der Waals surface area contributed by atoms with Crippen molar-refractivity contribution in [2.45, 2.75) is 33.7 Å². The normalized spacial score (nSPS) is 12.4.